The van der Waals surface area contributed by atoms with Crippen molar-refractivity contribution >= 4 is 11.6 Å². The number of benzene rings is 1. The van der Waals surface area contributed by atoms with Gasteiger partial charge in [0.05, 0.1) is 0 Å². The molecule has 1 fully saturated rings. The van der Waals surface area contributed by atoms with Gasteiger partial charge in [-0.1, -0.05) is 23.7 Å². The maximum Gasteiger partial charge on any atom is 0.238 e. The summed E-state index contributed by atoms with van der Waals surface area (Å²) in [4.78, 5) is 4.35. The lowest BCUT2D eigenvalue weighted by Crippen LogP contribution is -2.15. The minimum absolute atomic E-state index is 0.459. The van der Waals surface area contributed by atoms with E-state index in [1.165, 1.54) is 18.4 Å². The first-order valence-electron chi connectivity index (χ1n) is 7.25. The highest BCUT2D eigenvalue weighted by Crippen LogP contribution is 2.30. The summed E-state index contributed by atoms with van der Waals surface area (Å²) in [7, 11) is 0. The molecule has 1 aromatic carbocycles. The Kier molecular flexibility index (Phi) is 4.13. The van der Waals surface area contributed by atoms with Gasteiger partial charge in [0, 0.05) is 18.8 Å². The molecular formula is C17H19ClN2O. The molecule has 1 heterocycles. The van der Waals surface area contributed by atoms with E-state index in [9.17, 15) is 0 Å². The summed E-state index contributed by atoms with van der Waals surface area (Å²) < 4.78 is 5.85. The number of halogens is 1. The molecule has 1 N–H and O–H groups in total. The lowest BCUT2D eigenvalue weighted by molar-refractivity contribution is 0.458. The Morgan fingerprint density at radius 1 is 1.33 bits per heavy atom. The molecule has 1 aliphatic carbocycles. The number of hydrogen-bond donors (Lipinski definition) is 1. The van der Waals surface area contributed by atoms with Crippen LogP contribution in [-0.4, -0.2) is 11.0 Å². The minimum Gasteiger partial charge on any atom is -0.437 e. The van der Waals surface area contributed by atoms with Crippen LogP contribution < -0.4 is 10.1 Å². The molecule has 0 amide bonds. The first kappa shape index (κ1) is 14.4. The predicted octanol–water partition coefficient (Wildman–Crippen LogP) is 4.40. The van der Waals surface area contributed by atoms with Gasteiger partial charge in [0.15, 0.2) is 0 Å². The fraction of sp³-hybridized carbons (Fsp3) is 0.353. The topological polar surface area (TPSA) is 34.1 Å². The molecule has 1 saturated carbocycles. The third-order valence-corrected chi connectivity index (χ3v) is 4.07. The number of hydrogen-bond acceptors (Lipinski definition) is 3. The van der Waals surface area contributed by atoms with E-state index in [1.54, 1.807) is 0 Å². The molecule has 0 atom stereocenters. The number of aromatic nitrogens is 1. The molecule has 4 heteroatoms. The molecule has 0 bridgehead atoms. The fourth-order valence-electron chi connectivity index (χ4n) is 2.13. The van der Waals surface area contributed by atoms with Crippen molar-refractivity contribution < 1.29 is 4.74 Å². The van der Waals surface area contributed by atoms with E-state index >= 15 is 0 Å². The Hall–Kier alpha value is -1.58. The molecule has 1 aromatic heterocycles. The van der Waals surface area contributed by atoms with Crippen LogP contribution in [0.3, 0.4) is 0 Å². The van der Waals surface area contributed by atoms with E-state index in [1.807, 2.05) is 31.3 Å². The quantitative estimate of drug-likeness (QED) is 0.889. The average molecular weight is 303 g/mol. The predicted molar refractivity (Wildman–Crippen MR) is 85.1 cm³/mol. The SMILES string of the molecule is Cc1cccc(Oc2ncc(CNC3CC3)cc2Cl)c1C. The minimum atomic E-state index is 0.459. The van der Waals surface area contributed by atoms with Crippen LogP contribution in [0.25, 0.3) is 0 Å². The summed E-state index contributed by atoms with van der Waals surface area (Å²) >= 11 is 6.29. The number of ether oxygens (including phenoxy) is 1. The number of aryl methyl sites for hydroxylation is 1. The molecule has 0 saturated heterocycles. The maximum absolute atomic E-state index is 6.29. The molecule has 0 unspecified atom stereocenters. The van der Waals surface area contributed by atoms with Crippen LogP contribution in [0, 0.1) is 13.8 Å². The first-order chi connectivity index (χ1) is 10.1. The Morgan fingerprint density at radius 3 is 2.86 bits per heavy atom. The van der Waals surface area contributed by atoms with Crippen molar-refractivity contribution in [1.82, 2.24) is 10.3 Å². The van der Waals surface area contributed by atoms with Crippen molar-refractivity contribution in [3.05, 3.63) is 52.2 Å². The highest BCUT2D eigenvalue weighted by Gasteiger charge is 2.20. The van der Waals surface area contributed by atoms with Crippen LogP contribution >= 0.6 is 11.6 Å². The van der Waals surface area contributed by atoms with Crippen LogP contribution in [-0.2, 0) is 6.54 Å². The Bertz CT molecular complexity index is 653. The standard InChI is InChI=1S/C17H19ClN2O/c1-11-4-3-5-16(12(11)2)21-17-15(18)8-13(10-20-17)9-19-14-6-7-14/h3-5,8,10,14,19H,6-7,9H2,1-2H3. The van der Waals surface area contributed by atoms with E-state index in [2.05, 4.69) is 23.3 Å². The fourth-order valence-corrected chi connectivity index (χ4v) is 2.35. The molecule has 1 aliphatic rings. The van der Waals surface area contributed by atoms with Gasteiger partial charge in [-0.05, 0) is 55.5 Å². The smallest absolute Gasteiger partial charge is 0.238 e. The summed E-state index contributed by atoms with van der Waals surface area (Å²) in [6.07, 6.45) is 4.37. The van der Waals surface area contributed by atoms with Gasteiger partial charge in [-0.25, -0.2) is 4.98 Å². The van der Waals surface area contributed by atoms with Gasteiger partial charge in [-0.3, -0.25) is 0 Å². The Balaban J connectivity index is 1.74. The first-order valence-corrected chi connectivity index (χ1v) is 7.63. The largest absolute Gasteiger partial charge is 0.437 e. The highest BCUT2D eigenvalue weighted by atomic mass is 35.5. The van der Waals surface area contributed by atoms with Crippen LogP contribution in [0.4, 0.5) is 0 Å². The number of pyridine rings is 1. The van der Waals surface area contributed by atoms with Crippen LogP contribution in [0.15, 0.2) is 30.5 Å². The van der Waals surface area contributed by atoms with Crippen molar-refractivity contribution in [1.29, 1.82) is 0 Å². The van der Waals surface area contributed by atoms with Gasteiger partial charge in [0.2, 0.25) is 5.88 Å². The molecule has 0 spiro atoms. The van der Waals surface area contributed by atoms with Gasteiger partial charge in [-0.15, -0.1) is 0 Å². The molecule has 21 heavy (non-hydrogen) atoms. The summed E-state index contributed by atoms with van der Waals surface area (Å²) in [6, 6.07) is 8.56. The number of rotatable bonds is 5. The summed E-state index contributed by atoms with van der Waals surface area (Å²) in [6.45, 7) is 4.90. The second-order valence-corrected chi connectivity index (χ2v) is 5.99. The van der Waals surface area contributed by atoms with E-state index in [-0.39, 0.29) is 0 Å². The summed E-state index contributed by atoms with van der Waals surface area (Å²) in [5, 5.41) is 3.99. The van der Waals surface area contributed by atoms with Crippen molar-refractivity contribution in [2.75, 3.05) is 0 Å². The van der Waals surface area contributed by atoms with E-state index in [0.29, 0.717) is 16.9 Å². The third kappa shape index (κ3) is 3.55. The Morgan fingerprint density at radius 2 is 2.14 bits per heavy atom. The summed E-state index contributed by atoms with van der Waals surface area (Å²) in [5.41, 5.74) is 3.38. The zero-order valence-electron chi connectivity index (χ0n) is 12.3. The van der Waals surface area contributed by atoms with Crippen molar-refractivity contribution in [2.45, 2.75) is 39.3 Å². The van der Waals surface area contributed by atoms with Crippen LogP contribution in [0.2, 0.25) is 5.02 Å². The normalized spacial score (nSPS) is 14.2. The third-order valence-electron chi connectivity index (χ3n) is 3.80. The van der Waals surface area contributed by atoms with Gasteiger partial charge in [-0.2, -0.15) is 0 Å². The zero-order chi connectivity index (χ0) is 14.8. The van der Waals surface area contributed by atoms with Crippen molar-refractivity contribution in [3.63, 3.8) is 0 Å². The molecule has 0 radical (unpaired) electrons. The van der Waals surface area contributed by atoms with Gasteiger partial charge in [0.25, 0.3) is 0 Å². The maximum atomic E-state index is 6.29. The monoisotopic (exact) mass is 302 g/mol. The van der Waals surface area contributed by atoms with Crippen LogP contribution in [0.1, 0.15) is 29.5 Å². The van der Waals surface area contributed by atoms with E-state index < -0.39 is 0 Å². The van der Waals surface area contributed by atoms with Crippen molar-refractivity contribution in [2.24, 2.45) is 0 Å². The number of nitrogens with zero attached hydrogens (tertiary/aromatic N) is 1. The molecule has 2 aromatic rings. The molecule has 0 aliphatic heterocycles. The summed E-state index contributed by atoms with van der Waals surface area (Å²) in [5.74, 6) is 1.26. The lowest BCUT2D eigenvalue weighted by Gasteiger charge is -2.11. The van der Waals surface area contributed by atoms with Crippen molar-refractivity contribution in [3.8, 4) is 11.6 Å². The lowest BCUT2D eigenvalue weighted by atomic mass is 10.1. The molecule has 3 rings (SSSR count). The Labute approximate surface area is 130 Å². The van der Waals surface area contributed by atoms with E-state index in [4.69, 9.17) is 16.3 Å². The number of nitrogens with one attached hydrogen (secondary N) is 1. The molecular weight excluding hydrogens is 284 g/mol. The van der Waals surface area contributed by atoms with E-state index in [0.717, 1.165) is 23.4 Å². The van der Waals surface area contributed by atoms with Crippen LogP contribution in [0.5, 0.6) is 11.6 Å². The second-order valence-electron chi connectivity index (χ2n) is 5.59. The highest BCUT2D eigenvalue weighted by molar-refractivity contribution is 6.31. The second kappa shape index (κ2) is 6.04. The van der Waals surface area contributed by atoms with Gasteiger partial charge >= 0.3 is 0 Å². The van der Waals surface area contributed by atoms with Gasteiger partial charge < -0.3 is 10.1 Å². The zero-order valence-corrected chi connectivity index (χ0v) is 13.1. The molecule has 110 valence electrons. The average Bonchev–Trinajstić information content (AvgIpc) is 3.28. The van der Waals surface area contributed by atoms with Gasteiger partial charge in [0.1, 0.15) is 10.8 Å². The molecule has 3 nitrogen and oxygen atoms in total.